The number of carbonyl (C=O) groups excluding carboxylic acids is 1. The van der Waals surface area contributed by atoms with Crippen molar-refractivity contribution >= 4 is 33.2 Å². The summed E-state index contributed by atoms with van der Waals surface area (Å²) in [7, 11) is 0. The molecular formula is C11H16BrNO2S. The second-order valence-electron chi connectivity index (χ2n) is 3.63. The van der Waals surface area contributed by atoms with Gasteiger partial charge in [0, 0.05) is 17.6 Å². The third kappa shape index (κ3) is 4.63. The summed E-state index contributed by atoms with van der Waals surface area (Å²) in [5.41, 5.74) is 0. The fourth-order valence-corrected chi connectivity index (χ4v) is 2.60. The number of rotatable bonds is 6. The molecule has 1 rings (SSSR count). The van der Waals surface area contributed by atoms with Gasteiger partial charge in [-0.3, -0.25) is 4.79 Å². The number of nitrogens with one attached hydrogen (secondary N) is 1. The van der Waals surface area contributed by atoms with Crippen molar-refractivity contribution in [3.63, 3.8) is 0 Å². The summed E-state index contributed by atoms with van der Waals surface area (Å²) in [6, 6.07) is 1.88. The zero-order valence-corrected chi connectivity index (χ0v) is 11.9. The third-order valence-electron chi connectivity index (χ3n) is 1.88. The van der Waals surface area contributed by atoms with Crippen LogP contribution in [0.1, 0.15) is 29.9 Å². The largest absolute Gasteiger partial charge is 0.379 e. The molecule has 0 saturated carbocycles. The third-order valence-corrected chi connectivity index (χ3v) is 3.72. The van der Waals surface area contributed by atoms with Crippen LogP contribution in [0.25, 0.3) is 0 Å². The molecule has 0 atom stereocenters. The first kappa shape index (κ1) is 13.7. The molecule has 3 nitrogen and oxygen atoms in total. The van der Waals surface area contributed by atoms with E-state index < -0.39 is 0 Å². The van der Waals surface area contributed by atoms with E-state index >= 15 is 0 Å². The summed E-state index contributed by atoms with van der Waals surface area (Å²) in [6.45, 7) is 5.34. The number of hydrogen-bond acceptors (Lipinski definition) is 3. The molecule has 1 N–H and O–H groups in total. The van der Waals surface area contributed by atoms with E-state index in [0.29, 0.717) is 13.2 Å². The molecule has 1 aromatic rings. The highest BCUT2D eigenvalue weighted by Crippen LogP contribution is 2.22. The Balaban J connectivity index is 2.19. The number of carbonyl (C=O) groups is 1. The molecule has 0 spiro atoms. The van der Waals surface area contributed by atoms with E-state index in [4.69, 9.17) is 4.74 Å². The van der Waals surface area contributed by atoms with Gasteiger partial charge >= 0.3 is 0 Å². The summed E-state index contributed by atoms with van der Waals surface area (Å²) in [5, 5.41) is 4.75. The molecule has 1 amide bonds. The maximum Gasteiger partial charge on any atom is 0.262 e. The van der Waals surface area contributed by atoms with Crippen LogP contribution < -0.4 is 5.32 Å². The number of hydrogen-bond donors (Lipinski definition) is 1. The molecule has 0 fully saturated rings. The monoisotopic (exact) mass is 305 g/mol. The van der Waals surface area contributed by atoms with Crippen LogP contribution in [-0.2, 0) is 4.74 Å². The topological polar surface area (TPSA) is 38.3 Å². The first-order valence-electron chi connectivity index (χ1n) is 5.24. The Morgan fingerprint density at radius 2 is 2.38 bits per heavy atom. The van der Waals surface area contributed by atoms with Gasteiger partial charge in [0.25, 0.3) is 5.91 Å². The number of halogens is 1. The predicted molar refractivity (Wildman–Crippen MR) is 70.1 cm³/mol. The van der Waals surface area contributed by atoms with Gasteiger partial charge in [0.15, 0.2) is 0 Å². The number of ether oxygens (including phenoxy) is 1. The van der Waals surface area contributed by atoms with Crippen molar-refractivity contribution in [3.05, 3.63) is 20.8 Å². The summed E-state index contributed by atoms with van der Waals surface area (Å²) in [5.74, 6) is -0.0218. The SMILES string of the molecule is CC(C)OCCCNC(=O)c1sccc1Br. The second kappa shape index (κ2) is 7.04. The van der Waals surface area contributed by atoms with Gasteiger partial charge in [-0.05, 0) is 47.6 Å². The van der Waals surface area contributed by atoms with Crippen molar-refractivity contribution in [1.29, 1.82) is 0 Å². The zero-order valence-electron chi connectivity index (χ0n) is 9.46. The lowest BCUT2D eigenvalue weighted by atomic mass is 10.4. The van der Waals surface area contributed by atoms with Gasteiger partial charge in [0.05, 0.1) is 6.10 Å². The fraction of sp³-hybridized carbons (Fsp3) is 0.545. The highest BCUT2D eigenvalue weighted by atomic mass is 79.9. The van der Waals surface area contributed by atoms with Crippen LogP contribution in [0, 0.1) is 0 Å². The minimum Gasteiger partial charge on any atom is -0.379 e. The van der Waals surface area contributed by atoms with Crippen molar-refractivity contribution in [2.45, 2.75) is 26.4 Å². The van der Waals surface area contributed by atoms with Crippen molar-refractivity contribution in [1.82, 2.24) is 5.32 Å². The summed E-state index contributed by atoms with van der Waals surface area (Å²) in [6.07, 6.45) is 1.09. The second-order valence-corrected chi connectivity index (χ2v) is 5.40. The molecule has 0 aliphatic rings. The van der Waals surface area contributed by atoms with Gasteiger partial charge in [0.1, 0.15) is 4.88 Å². The highest BCUT2D eigenvalue weighted by molar-refractivity contribution is 9.10. The highest BCUT2D eigenvalue weighted by Gasteiger charge is 2.10. The predicted octanol–water partition coefficient (Wildman–Crippen LogP) is 3.06. The van der Waals surface area contributed by atoms with Crippen LogP contribution in [0.3, 0.4) is 0 Å². The van der Waals surface area contributed by atoms with E-state index in [1.54, 1.807) is 0 Å². The lowest BCUT2D eigenvalue weighted by Crippen LogP contribution is -2.25. The Morgan fingerprint density at radius 3 is 2.94 bits per heavy atom. The molecule has 0 saturated heterocycles. The van der Waals surface area contributed by atoms with Crippen LogP contribution in [-0.4, -0.2) is 25.2 Å². The van der Waals surface area contributed by atoms with Gasteiger partial charge in [-0.1, -0.05) is 0 Å². The molecule has 0 aliphatic heterocycles. The Labute approximate surface area is 108 Å². The van der Waals surface area contributed by atoms with E-state index in [-0.39, 0.29) is 12.0 Å². The first-order valence-corrected chi connectivity index (χ1v) is 6.91. The molecule has 5 heteroatoms. The Bertz CT molecular complexity index is 338. The molecule has 16 heavy (non-hydrogen) atoms. The van der Waals surface area contributed by atoms with E-state index in [0.717, 1.165) is 15.8 Å². The van der Waals surface area contributed by atoms with Crippen LogP contribution in [0.5, 0.6) is 0 Å². The average molecular weight is 306 g/mol. The molecule has 1 aromatic heterocycles. The molecule has 0 radical (unpaired) electrons. The normalized spacial score (nSPS) is 10.8. The maximum absolute atomic E-state index is 11.7. The molecule has 90 valence electrons. The van der Waals surface area contributed by atoms with Gasteiger partial charge in [-0.25, -0.2) is 0 Å². The molecule has 0 aromatic carbocycles. The lowest BCUT2D eigenvalue weighted by molar-refractivity contribution is 0.0757. The smallest absolute Gasteiger partial charge is 0.262 e. The number of thiophene rings is 1. The van der Waals surface area contributed by atoms with Crippen molar-refractivity contribution < 1.29 is 9.53 Å². The molecular weight excluding hydrogens is 290 g/mol. The molecule has 0 aliphatic carbocycles. The van der Waals surface area contributed by atoms with Crippen LogP contribution in [0.4, 0.5) is 0 Å². The quantitative estimate of drug-likeness (QED) is 0.820. The van der Waals surface area contributed by atoms with E-state index in [1.807, 2.05) is 25.3 Å². The van der Waals surface area contributed by atoms with E-state index in [1.165, 1.54) is 11.3 Å². The average Bonchev–Trinajstić information content (AvgIpc) is 2.63. The van der Waals surface area contributed by atoms with Gasteiger partial charge in [0.2, 0.25) is 0 Å². The van der Waals surface area contributed by atoms with Gasteiger partial charge < -0.3 is 10.1 Å². The molecule has 0 unspecified atom stereocenters. The standard InChI is InChI=1S/C11H16BrNO2S/c1-8(2)15-6-3-5-13-11(14)10-9(12)4-7-16-10/h4,7-8H,3,5-6H2,1-2H3,(H,13,14). The van der Waals surface area contributed by atoms with Gasteiger partial charge in [-0.2, -0.15) is 0 Å². The van der Waals surface area contributed by atoms with Crippen molar-refractivity contribution in [2.75, 3.05) is 13.2 Å². The fourth-order valence-electron chi connectivity index (χ4n) is 1.13. The van der Waals surface area contributed by atoms with Crippen LogP contribution >= 0.6 is 27.3 Å². The minimum absolute atomic E-state index is 0.0218. The van der Waals surface area contributed by atoms with Crippen LogP contribution in [0.2, 0.25) is 0 Å². The lowest BCUT2D eigenvalue weighted by Gasteiger charge is -2.07. The van der Waals surface area contributed by atoms with Crippen LogP contribution in [0.15, 0.2) is 15.9 Å². The summed E-state index contributed by atoms with van der Waals surface area (Å²) < 4.78 is 6.24. The Hall–Kier alpha value is -0.390. The van der Waals surface area contributed by atoms with E-state index in [9.17, 15) is 4.79 Å². The van der Waals surface area contributed by atoms with Crippen molar-refractivity contribution in [3.8, 4) is 0 Å². The Kier molecular flexibility index (Phi) is 6.01. The Morgan fingerprint density at radius 1 is 1.62 bits per heavy atom. The summed E-state index contributed by atoms with van der Waals surface area (Å²) >= 11 is 4.77. The van der Waals surface area contributed by atoms with Crippen molar-refractivity contribution in [2.24, 2.45) is 0 Å². The minimum atomic E-state index is -0.0218. The zero-order chi connectivity index (χ0) is 12.0. The number of amides is 1. The molecule has 0 bridgehead atoms. The maximum atomic E-state index is 11.7. The van der Waals surface area contributed by atoms with E-state index in [2.05, 4.69) is 21.2 Å². The summed E-state index contributed by atoms with van der Waals surface area (Å²) in [4.78, 5) is 12.4. The molecule has 1 heterocycles. The first-order chi connectivity index (χ1) is 7.61. The van der Waals surface area contributed by atoms with Gasteiger partial charge in [-0.15, -0.1) is 11.3 Å².